The summed E-state index contributed by atoms with van der Waals surface area (Å²) in [5.41, 5.74) is 4.73. The van der Waals surface area contributed by atoms with Gasteiger partial charge in [0.15, 0.2) is 0 Å². The molecule has 1 amide bonds. The number of amides is 1. The van der Waals surface area contributed by atoms with Gasteiger partial charge in [-0.2, -0.15) is 0 Å². The molecule has 0 atom stereocenters. The lowest BCUT2D eigenvalue weighted by molar-refractivity contribution is -0.173. The fraction of sp³-hybridized carbons (Fsp3) is 0.485. The van der Waals surface area contributed by atoms with Crippen molar-refractivity contribution in [2.45, 2.75) is 61.1 Å². The number of benzene rings is 2. The number of esters is 2. The van der Waals surface area contributed by atoms with Crippen LogP contribution in [-0.4, -0.2) is 71.7 Å². The quantitative estimate of drug-likeness (QED) is 0.220. The topological polar surface area (TPSA) is 93.1 Å². The minimum atomic E-state index is -0.677. The summed E-state index contributed by atoms with van der Waals surface area (Å²) in [5.74, 6) is -1.42. The predicted molar refractivity (Wildman–Crippen MR) is 169 cm³/mol. The molecular formula is C33H42ClFN4O5. The van der Waals surface area contributed by atoms with Crippen LogP contribution in [-0.2, 0) is 32.2 Å². The molecule has 1 N–H and O–H groups in total. The highest BCUT2D eigenvalue weighted by atomic mass is 35.5. The number of piperazine rings is 1. The summed E-state index contributed by atoms with van der Waals surface area (Å²) in [6, 6.07) is 8.18. The molecule has 3 aromatic rings. The van der Waals surface area contributed by atoms with Gasteiger partial charge in [0.1, 0.15) is 5.82 Å². The number of nitrogens with one attached hydrogen (secondary N) is 1. The van der Waals surface area contributed by atoms with Gasteiger partial charge in [-0.3, -0.25) is 19.3 Å². The SMILES string of the molecule is CCCn1c(C)c(C)c2cc(C(=O)N3CCN(CC(=O)OCOC(=O)C(C)(C)C)CC3)cc(NCc3ccc(F)cc3Cl)c21. The van der Waals surface area contributed by atoms with Crippen LogP contribution in [0.4, 0.5) is 10.1 Å². The van der Waals surface area contributed by atoms with E-state index in [-0.39, 0.29) is 12.5 Å². The van der Waals surface area contributed by atoms with Crippen LogP contribution in [0.3, 0.4) is 0 Å². The van der Waals surface area contributed by atoms with Crippen molar-refractivity contribution in [2.24, 2.45) is 5.41 Å². The number of halogens is 2. The van der Waals surface area contributed by atoms with Gasteiger partial charge in [0.2, 0.25) is 6.79 Å². The van der Waals surface area contributed by atoms with Gasteiger partial charge in [-0.25, -0.2) is 4.39 Å². The number of carbonyl (C=O) groups is 3. The molecule has 2 heterocycles. The van der Waals surface area contributed by atoms with Gasteiger partial charge in [0.25, 0.3) is 5.91 Å². The van der Waals surface area contributed by atoms with Crippen LogP contribution in [0.1, 0.15) is 61.3 Å². The first-order valence-corrected chi connectivity index (χ1v) is 15.3. The Morgan fingerprint density at radius 1 is 1.02 bits per heavy atom. The van der Waals surface area contributed by atoms with Crippen molar-refractivity contribution >= 4 is 46.0 Å². The number of hydrogen-bond donors (Lipinski definition) is 1. The molecule has 0 bridgehead atoms. The van der Waals surface area contributed by atoms with Gasteiger partial charge in [-0.1, -0.05) is 24.6 Å². The number of aromatic nitrogens is 1. The Labute approximate surface area is 263 Å². The van der Waals surface area contributed by atoms with E-state index in [4.69, 9.17) is 21.1 Å². The Morgan fingerprint density at radius 2 is 1.73 bits per heavy atom. The molecule has 238 valence electrons. The average Bonchev–Trinajstić information content (AvgIpc) is 3.21. The molecule has 0 unspecified atom stereocenters. The standard InChI is InChI=1S/C33H42ClFN4O5/c1-7-10-39-22(3)21(2)26-15-24(16-28(30(26)39)36-18-23-8-9-25(35)17-27(23)34)31(41)38-13-11-37(12-14-38)19-29(40)43-20-44-32(42)33(4,5)6/h8-9,15-17,36H,7,10-14,18-20H2,1-6H3. The minimum Gasteiger partial charge on any atom is -0.427 e. The van der Waals surface area contributed by atoms with E-state index in [1.54, 1.807) is 31.7 Å². The number of carbonyl (C=O) groups excluding carboxylic acids is 3. The van der Waals surface area contributed by atoms with Crippen molar-refractivity contribution < 1.29 is 28.2 Å². The van der Waals surface area contributed by atoms with E-state index in [1.807, 2.05) is 17.0 Å². The largest absolute Gasteiger partial charge is 0.427 e. The third-order valence-corrected chi connectivity index (χ3v) is 8.30. The summed E-state index contributed by atoms with van der Waals surface area (Å²) in [6.45, 7) is 14.2. The zero-order chi connectivity index (χ0) is 32.2. The smallest absolute Gasteiger partial charge is 0.323 e. The Balaban J connectivity index is 1.46. The number of fused-ring (bicyclic) bond motifs is 1. The van der Waals surface area contributed by atoms with E-state index >= 15 is 0 Å². The van der Waals surface area contributed by atoms with Gasteiger partial charge in [0.05, 0.1) is 23.2 Å². The van der Waals surface area contributed by atoms with Crippen molar-refractivity contribution in [3.05, 3.63) is 63.6 Å². The molecule has 44 heavy (non-hydrogen) atoms. The molecule has 0 radical (unpaired) electrons. The highest BCUT2D eigenvalue weighted by molar-refractivity contribution is 6.31. The molecule has 1 aromatic heterocycles. The molecule has 1 saturated heterocycles. The van der Waals surface area contributed by atoms with E-state index in [9.17, 15) is 18.8 Å². The molecule has 11 heteroatoms. The predicted octanol–water partition coefficient (Wildman–Crippen LogP) is 5.92. The van der Waals surface area contributed by atoms with E-state index in [1.165, 1.54) is 12.1 Å². The normalized spacial score (nSPS) is 14.1. The monoisotopic (exact) mass is 628 g/mol. The third kappa shape index (κ3) is 7.71. The number of nitrogens with zero attached hydrogens (tertiary/aromatic N) is 3. The zero-order valence-electron chi connectivity index (χ0n) is 26.4. The molecule has 1 aliphatic rings. The van der Waals surface area contributed by atoms with Crippen LogP contribution in [0.15, 0.2) is 30.3 Å². The summed E-state index contributed by atoms with van der Waals surface area (Å²) < 4.78 is 26.0. The molecule has 9 nitrogen and oxygen atoms in total. The van der Waals surface area contributed by atoms with E-state index in [2.05, 4.69) is 30.7 Å². The molecule has 0 aliphatic carbocycles. The highest BCUT2D eigenvalue weighted by Gasteiger charge is 2.27. The number of ether oxygens (including phenoxy) is 2. The van der Waals surface area contributed by atoms with Gasteiger partial charge >= 0.3 is 11.9 Å². The Hall–Kier alpha value is -3.63. The van der Waals surface area contributed by atoms with Crippen LogP contribution in [0.5, 0.6) is 0 Å². The van der Waals surface area contributed by atoms with Crippen molar-refractivity contribution in [1.82, 2.24) is 14.4 Å². The third-order valence-electron chi connectivity index (χ3n) is 7.94. The number of hydrogen-bond acceptors (Lipinski definition) is 7. The van der Waals surface area contributed by atoms with Crippen molar-refractivity contribution in [3.63, 3.8) is 0 Å². The first kappa shape index (κ1) is 33.3. The van der Waals surface area contributed by atoms with Gasteiger partial charge in [0, 0.05) is 60.9 Å². The van der Waals surface area contributed by atoms with Crippen LogP contribution in [0.2, 0.25) is 5.02 Å². The highest BCUT2D eigenvalue weighted by Crippen LogP contribution is 2.34. The van der Waals surface area contributed by atoms with Crippen LogP contribution >= 0.6 is 11.6 Å². The maximum absolute atomic E-state index is 13.8. The van der Waals surface area contributed by atoms with E-state index in [0.29, 0.717) is 43.3 Å². The first-order chi connectivity index (χ1) is 20.8. The zero-order valence-corrected chi connectivity index (χ0v) is 27.1. The Kier molecular flexibility index (Phi) is 10.6. The second-order valence-electron chi connectivity index (χ2n) is 12.3. The summed E-state index contributed by atoms with van der Waals surface area (Å²) >= 11 is 6.31. The molecule has 1 aliphatic heterocycles. The van der Waals surface area contributed by atoms with E-state index < -0.39 is 30.0 Å². The minimum absolute atomic E-state index is 0.0461. The lowest BCUT2D eigenvalue weighted by atomic mass is 9.98. The second-order valence-corrected chi connectivity index (χ2v) is 12.7. The van der Waals surface area contributed by atoms with Gasteiger partial charge < -0.3 is 24.3 Å². The molecule has 2 aromatic carbocycles. The van der Waals surface area contributed by atoms with Crippen LogP contribution in [0, 0.1) is 25.1 Å². The Morgan fingerprint density at radius 3 is 2.36 bits per heavy atom. The van der Waals surface area contributed by atoms with E-state index in [0.717, 1.165) is 46.4 Å². The molecule has 1 fully saturated rings. The van der Waals surface area contributed by atoms with Crippen LogP contribution in [0.25, 0.3) is 10.9 Å². The molecule has 4 rings (SSSR count). The molecule has 0 spiro atoms. The van der Waals surface area contributed by atoms with Gasteiger partial charge in [-0.05, 0) is 76.4 Å². The number of anilines is 1. The number of rotatable bonds is 10. The summed E-state index contributed by atoms with van der Waals surface area (Å²) in [7, 11) is 0. The molecular weight excluding hydrogens is 587 g/mol. The first-order valence-electron chi connectivity index (χ1n) is 15.0. The van der Waals surface area contributed by atoms with Crippen LogP contribution < -0.4 is 5.32 Å². The molecule has 0 saturated carbocycles. The van der Waals surface area contributed by atoms with Crippen molar-refractivity contribution in [1.29, 1.82) is 0 Å². The maximum Gasteiger partial charge on any atom is 0.323 e. The average molecular weight is 629 g/mol. The lowest BCUT2D eigenvalue weighted by Gasteiger charge is -2.34. The summed E-state index contributed by atoms with van der Waals surface area (Å²) in [4.78, 5) is 41.6. The fourth-order valence-corrected chi connectivity index (χ4v) is 5.51. The Bertz CT molecular complexity index is 1540. The maximum atomic E-state index is 13.8. The van der Waals surface area contributed by atoms with Gasteiger partial charge in [-0.15, -0.1) is 0 Å². The summed E-state index contributed by atoms with van der Waals surface area (Å²) in [6.07, 6.45) is 0.952. The summed E-state index contributed by atoms with van der Waals surface area (Å²) in [5, 5.41) is 4.81. The number of aryl methyl sites for hydroxylation is 2. The lowest BCUT2D eigenvalue weighted by Crippen LogP contribution is -2.50. The van der Waals surface area contributed by atoms with Crippen molar-refractivity contribution in [2.75, 3.05) is 44.8 Å². The fourth-order valence-electron chi connectivity index (χ4n) is 5.28. The second kappa shape index (κ2) is 14.0. The van der Waals surface area contributed by atoms with Crippen molar-refractivity contribution in [3.8, 4) is 0 Å².